The van der Waals surface area contributed by atoms with E-state index in [9.17, 15) is 0 Å². The van der Waals surface area contributed by atoms with E-state index in [0.717, 1.165) is 6.92 Å². The first-order valence-corrected chi connectivity index (χ1v) is 3.37. The Bertz CT molecular complexity index is 133. The van der Waals surface area contributed by atoms with Gasteiger partial charge < -0.3 is 21.3 Å². The van der Waals surface area contributed by atoms with Gasteiger partial charge >= 0.3 is 29.6 Å². The monoisotopic (exact) mass is 262 g/mol. The molecule has 0 aromatic carbocycles. The van der Waals surface area contributed by atoms with Crippen molar-refractivity contribution < 1.29 is 78.6 Å². The van der Waals surface area contributed by atoms with E-state index in [-0.39, 0.29) is 35.7 Å². The Hall–Kier alpha value is -0.240. The van der Waals surface area contributed by atoms with Gasteiger partial charge in [-0.25, -0.2) is 0 Å². The van der Waals surface area contributed by atoms with Gasteiger partial charge in [-0.05, 0) is 6.92 Å². The smallest absolute Gasteiger partial charge is 0.550 e. The Labute approximate surface area is 108 Å². The average Bonchev–Trinajstić information content (AvgIpc) is 1.50. The van der Waals surface area contributed by atoms with Crippen molar-refractivity contribution >= 4 is 5.97 Å². The van der Waals surface area contributed by atoms with Crippen LogP contribution in [0.4, 0.5) is 0 Å². The molecule has 0 radical (unpaired) electrons. The molecule has 11 nitrogen and oxygen atoms in total. The van der Waals surface area contributed by atoms with Crippen molar-refractivity contribution in [2.24, 2.45) is 0 Å². The maximum atomic E-state index is 8.89. The Morgan fingerprint density at radius 3 is 1.33 bits per heavy atom. The molecular weight excluding hydrogens is 254 g/mol. The standard InChI is InChI=1S/C2H4O2.ClHO4.HNO3.H3N.Na/c1-2(3)4;2-1(3,4)5;2-1(3)4;;/h1H3,(H,3,4);(H,2,3,4,5);(H,2,3,4);1H3;/q;;;;+1/p-1. The number of carbonyl (C=O) groups excluding carboxylic acids is 1. The van der Waals surface area contributed by atoms with Crippen LogP contribution in [0.15, 0.2) is 0 Å². The van der Waals surface area contributed by atoms with E-state index < -0.39 is 21.3 Å². The molecule has 0 aliphatic rings. The molecule has 88 valence electrons. The molecule has 0 heterocycles. The summed E-state index contributed by atoms with van der Waals surface area (Å²) >= 11 is 0. The molecule has 0 aliphatic heterocycles. The largest absolute Gasteiger partial charge is 1.00 e. The van der Waals surface area contributed by atoms with Gasteiger partial charge in [0.25, 0.3) is 5.09 Å². The molecule has 0 atom stereocenters. The molecule has 0 aromatic rings. The molecule has 0 amide bonds. The van der Waals surface area contributed by atoms with Gasteiger partial charge in [-0.2, -0.15) is 14.0 Å². The van der Waals surface area contributed by atoms with E-state index in [4.69, 9.17) is 43.9 Å². The zero-order chi connectivity index (χ0) is 11.7. The second kappa shape index (κ2) is 16.2. The molecule has 0 saturated carbocycles. The average molecular weight is 263 g/mol. The van der Waals surface area contributed by atoms with Crippen molar-refractivity contribution in [1.29, 1.82) is 0 Å². The van der Waals surface area contributed by atoms with Gasteiger partial charge in [0.15, 0.2) is 0 Å². The van der Waals surface area contributed by atoms with E-state index in [1.807, 2.05) is 0 Å². The van der Waals surface area contributed by atoms with E-state index in [1.165, 1.54) is 0 Å². The molecule has 0 aromatic heterocycles. The van der Waals surface area contributed by atoms with Gasteiger partial charge in [0, 0.05) is 5.97 Å². The molecule has 0 fully saturated rings. The fraction of sp³-hybridized carbons (Fsp3) is 0.500. The number of halogens is 1. The predicted octanol–water partition coefficient (Wildman–Crippen LogP) is -8.55. The van der Waals surface area contributed by atoms with Crippen LogP contribution in [-0.4, -0.2) is 20.9 Å². The van der Waals surface area contributed by atoms with Crippen LogP contribution in [0.1, 0.15) is 6.92 Å². The Morgan fingerprint density at radius 1 is 1.33 bits per heavy atom. The van der Waals surface area contributed by atoms with Crippen LogP contribution in [-0.2, 0) is 4.79 Å². The van der Waals surface area contributed by atoms with Crippen molar-refractivity contribution in [3.63, 3.8) is 0 Å². The van der Waals surface area contributed by atoms with Crippen LogP contribution in [0.5, 0.6) is 0 Å². The van der Waals surface area contributed by atoms with Crippen LogP contribution >= 0.6 is 0 Å². The quantitative estimate of drug-likeness (QED) is 0.212. The van der Waals surface area contributed by atoms with Crippen molar-refractivity contribution in [2.75, 3.05) is 0 Å². The maximum Gasteiger partial charge on any atom is 1.00 e. The van der Waals surface area contributed by atoms with Crippen LogP contribution < -0.4 is 54.8 Å². The van der Waals surface area contributed by atoms with Crippen LogP contribution in [0.3, 0.4) is 0 Å². The summed E-state index contributed by atoms with van der Waals surface area (Å²) in [6.07, 6.45) is 0. The number of carboxylic acid groups (broad SMARTS) is 1. The molecule has 0 bridgehead atoms. The molecule has 0 saturated heterocycles. The van der Waals surface area contributed by atoms with E-state index in [2.05, 4.69) is 0 Å². The minimum absolute atomic E-state index is 0. The Balaban J connectivity index is -0.0000000315. The van der Waals surface area contributed by atoms with Crippen molar-refractivity contribution in [3.05, 3.63) is 10.1 Å². The van der Waals surface area contributed by atoms with Gasteiger partial charge in [-0.15, -0.1) is 10.1 Å². The first-order valence-electron chi connectivity index (χ1n) is 2.11. The summed E-state index contributed by atoms with van der Waals surface area (Å²) in [5, 5.41) is 22.5. The normalized spacial score (nSPS) is 7.27. The summed E-state index contributed by atoms with van der Waals surface area (Å²) in [5.74, 6) is -1.08. The number of nitrogens with zero attached hydrogens (tertiary/aromatic N) is 1. The van der Waals surface area contributed by atoms with Gasteiger partial charge in [0.1, 0.15) is 0 Å². The molecule has 0 aliphatic carbocycles. The molecule has 13 heteroatoms. The van der Waals surface area contributed by atoms with Crippen LogP contribution in [0, 0.1) is 20.4 Å². The topological polar surface area (TPSA) is 228 Å². The third kappa shape index (κ3) is 33000. The Kier molecular flexibility index (Phi) is 31.7. The zero-order valence-corrected chi connectivity index (χ0v) is 10.5. The SMILES string of the molecule is CC(=O)[O-].N.O=[N+]([O-])O.[Na+].[O-][Cl+3]([O-])([O-])O. The summed E-state index contributed by atoms with van der Waals surface area (Å²) in [7, 11) is -4.69. The first-order chi connectivity index (χ1) is 5.46. The Morgan fingerprint density at radius 2 is 1.33 bits per heavy atom. The van der Waals surface area contributed by atoms with Gasteiger partial charge in [0.2, 0.25) is 0 Å². The number of rotatable bonds is 0. The number of hydrogen-bond donors (Lipinski definition) is 3. The summed E-state index contributed by atoms with van der Waals surface area (Å²) in [4.78, 5) is 17.2. The first kappa shape index (κ1) is 29.3. The predicted molar refractivity (Wildman–Crippen MR) is 26.7 cm³/mol. The summed E-state index contributed by atoms with van der Waals surface area (Å²) in [6, 6.07) is 0. The van der Waals surface area contributed by atoms with Gasteiger partial charge in [0.05, 0.1) is 14.9 Å². The minimum atomic E-state index is -4.69. The minimum Gasteiger partial charge on any atom is -0.550 e. The van der Waals surface area contributed by atoms with Crippen LogP contribution in [0.2, 0.25) is 0 Å². The summed E-state index contributed by atoms with van der Waals surface area (Å²) in [5.41, 5.74) is 0. The van der Waals surface area contributed by atoms with Crippen molar-refractivity contribution in [2.45, 2.75) is 6.92 Å². The maximum absolute atomic E-state index is 8.89. The number of hydrogen-bond acceptors (Lipinski definition) is 9. The fourth-order valence-electron chi connectivity index (χ4n) is 0. The van der Waals surface area contributed by atoms with Crippen molar-refractivity contribution in [3.8, 4) is 0 Å². The zero-order valence-electron chi connectivity index (χ0n) is 7.78. The van der Waals surface area contributed by atoms with E-state index in [1.54, 1.807) is 0 Å². The molecule has 5 N–H and O–H groups in total. The fourth-order valence-corrected chi connectivity index (χ4v) is 0. The molecule has 0 rings (SSSR count). The number of carbonyl (C=O) groups is 1. The summed E-state index contributed by atoms with van der Waals surface area (Å²) < 4.78 is 32.7. The molecular formula is C2H8ClN2NaO9. The van der Waals surface area contributed by atoms with E-state index >= 15 is 0 Å². The van der Waals surface area contributed by atoms with Crippen molar-refractivity contribution in [1.82, 2.24) is 6.15 Å². The molecule has 0 spiro atoms. The molecule has 15 heavy (non-hydrogen) atoms. The third-order valence-electron chi connectivity index (χ3n) is 0. The van der Waals surface area contributed by atoms with Crippen LogP contribution in [0.25, 0.3) is 0 Å². The second-order valence-electron chi connectivity index (χ2n) is 1.13. The third-order valence-corrected chi connectivity index (χ3v) is 0. The van der Waals surface area contributed by atoms with E-state index in [0.29, 0.717) is 0 Å². The number of aliphatic carboxylic acids is 1. The van der Waals surface area contributed by atoms with Gasteiger partial charge in [-0.3, -0.25) is 0 Å². The summed E-state index contributed by atoms with van der Waals surface area (Å²) in [6.45, 7) is 0.972. The molecule has 0 unspecified atom stereocenters. The second-order valence-corrected chi connectivity index (χ2v) is 1.92. The number of carboxylic acids is 1. The van der Waals surface area contributed by atoms with Gasteiger partial charge in [-0.1, -0.05) is 0 Å².